The molecule has 0 fully saturated rings. The van der Waals surface area contributed by atoms with E-state index in [2.05, 4.69) is 4.98 Å². The Kier molecular flexibility index (Phi) is 7.25. The number of nitrogens with zero attached hydrogens (tertiary/aromatic N) is 3. The highest BCUT2D eigenvalue weighted by atomic mass is 19.4. The highest BCUT2D eigenvalue weighted by Gasteiger charge is 2.34. The van der Waals surface area contributed by atoms with Crippen LogP contribution in [0, 0.1) is 10.8 Å². The maximum absolute atomic E-state index is 13.2. The number of carbonyl (C=O) groups is 1. The number of benzene rings is 1. The van der Waals surface area contributed by atoms with E-state index in [4.69, 9.17) is 21.3 Å². The molecule has 0 saturated carbocycles. The zero-order chi connectivity index (χ0) is 25.2. The lowest BCUT2D eigenvalue weighted by atomic mass is 10.0. The molecule has 2 aromatic rings. The van der Waals surface area contributed by atoms with E-state index in [1.807, 2.05) is 13.8 Å². The molecule has 11 heteroatoms. The Hall–Kier alpha value is -3.47. The van der Waals surface area contributed by atoms with E-state index >= 15 is 0 Å². The van der Waals surface area contributed by atoms with E-state index in [0.29, 0.717) is 17.7 Å². The Morgan fingerprint density at radius 3 is 2.62 bits per heavy atom. The van der Waals surface area contributed by atoms with Crippen LogP contribution in [0.15, 0.2) is 30.3 Å². The molecule has 1 aliphatic rings. The molecule has 1 aromatic carbocycles. The number of nitrogens with two attached hydrogens (primary N) is 1. The number of pyridine rings is 1. The molecule has 4 N–H and O–H groups in total. The summed E-state index contributed by atoms with van der Waals surface area (Å²) >= 11 is 0. The van der Waals surface area contributed by atoms with Gasteiger partial charge in [0.2, 0.25) is 0 Å². The van der Waals surface area contributed by atoms with Gasteiger partial charge in [0.25, 0.3) is 5.91 Å². The topological polar surface area (TPSA) is 119 Å². The van der Waals surface area contributed by atoms with Crippen LogP contribution in [-0.2, 0) is 13.1 Å². The molecule has 1 aromatic heterocycles. The van der Waals surface area contributed by atoms with Crippen LogP contribution in [0.5, 0.6) is 5.75 Å². The molecule has 182 valence electrons. The molecule has 0 saturated heterocycles. The number of carbonyl (C=O) groups excluding carboxylic acids is 1. The normalized spacial score (nSPS) is 14.2. The Morgan fingerprint density at radius 2 is 2.03 bits per heavy atom. The van der Waals surface area contributed by atoms with E-state index in [9.17, 15) is 18.0 Å². The second kappa shape index (κ2) is 9.80. The predicted molar refractivity (Wildman–Crippen MR) is 122 cm³/mol. The number of hydrogen-bond donors (Lipinski definition) is 3. The summed E-state index contributed by atoms with van der Waals surface area (Å²) in [5.74, 6) is 0.0942. The van der Waals surface area contributed by atoms with Gasteiger partial charge in [0.05, 0.1) is 25.4 Å². The Balaban J connectivity index is 1.90. The number of aromatic nitrogens is 1. The molecule has 8 nitrogen and oxygen atoms in total. The van der Waals surface area contributed by atoms with E-state index < -0.39 is 18.6 Å². The third kappa shape index (κ3) is 5.36. The molecule has 0 bridgehead atoms. The number of hydrogen-bond acceptors (Lipinski definition) is 6. The van der Waals surface area contributed by atoms with Gasteiger partial charge in [-0.15, -0.1) is 0 Å². The summed E-state index contributed by atoms with van der Waals surface area (Å²) in [5, 5.41) is 15.8. The highest BCUT2D eigenvalue weighted by Crippen LogP contribution is 2.33. The first-order valence-corrected chi connectivity index (χ1v) is 10.7. The largest absolute Gasteiger partial charge is 0.491 e. The predicted octanol–water partition coefficient (Wildman–Crippen LogP) is 4.06. The Morgan fingerprint density at radius 1 is 1.32 bits per heavy atom. The fraction of sp³-hybridized carbons (Fsp3) is 0.391. The van der Waals surface area contributed by atoms with Crippen LogP contribution in [0.2, 0.25) is 0 Å². The van der Waals surface area contributed by atoms with E-state index in [-0.39, 0.29) is 42.4 Å². The summed E-state index contributed by atoms with van der Waals surface area (Å²) in [5.41, 5.74) is 7.91. The number of fused-ring (bicyclic) bond motifs is 1. The van der Waals surface area contributed by atoms with E-state index in [1.54, 1.807) is 24.3 Å². The summed E-state index contributed by atoms with van der Waals surface area (Å²) in [7, 11) is 0. The minimum absolute atomic E-state index is 0.0432. The summed E-state index contributed by atoms with van der Waals surface area (Å²) in [6, 6.07) is 6.91. The summed E-state index contributed by atoms with van der Waals surface area (Å²) in [6.07, 6.45) is -5.04. The SMILES string of the molecule is CC(C)Oc1cc(CN)c2c(c1)C(=O)N(c1cccc(C(=N)N(C=N)C(C)CC(F)(F)F)n1)C2. The van der Waals surface area contributed by atoms with Gasteiger partial charge in [-0.1, -0.05) is 6.07 Å². The third-order valence-electron chi connectivity index (χ3n) is 5.35. The number of ether oxygens (including phenoxy) is 1. The molecule has 2 heterocycles. The molecule has 1 unspecified atom stereocenters. The Bertz CT molecular complexity index is 1100. The van der Waals surface area contributed by atoms with Crippen LogP contribution in [0.1, 0.15) is 54.4 Å². The monoisotopic (exact) mass is 476 g/mol. The second-order valence-electron chi connectivity index (χ2n) is 8.30. The lowest BCUT2D eigenvalue weighted by Gasteiger charge is -2.27. The lowest BCUT2D eigenvalue weighted by molar-refractivity contribution is -0.141. The van der Waals surface area contributed by atoms with Gasteiger partial charge in [-0.2, -0.15) is 13.2 Å². The van der Waals surface area contributed by atoms with Crippen molar-refractivity contribution >= 4 is 23.9 Å². The van der Waals surface area contributed by atoms with Crippen molar-refractivity contribution in [1.29, 1.82) is 10.8 Å². The van der Waals surface area contributed by atoms with Gasteiger partial charge in [0, 0.05) is 18.2 Å². The number of nitrogens with one attached hydrogen (secondary N) is 2. The van der Waals surface area contributed by atoms with Crippen molar-refractivity contribution in [2.24, 2.45) is 5.73 Å². The number of alkyl halides is 3. The van der Waals surface area contributed by atoms with Crippen LogP contribution in [-0.4, -0.2) is 46.3 Å². The quantitative estimate of drug-likeness (QED) is 0.392. The maximum atomic E-state index is 13.2. The number of rotatable bonds is 8. The Labute approximate surface area is 195 Å². The van der Waals surface area contributed by atoms with Crippen molar-refractivity contribution in [1.82, 2.24) is 9.88 Å². The first-order valence-electron chi connectivity index (χ1n) is 10.7. The van der Waals surface area contributed by atoms with Crippen LogP contribution in [0.3, 0.4) is 0 Å². The van der Waals surface area contributed by atoms with Crippen molar-refractivity contribution in [3.63, 3.8) is 0 Å². The zero-order valence-electron chi connectivity index (χ0n) is 19.1. The molecular formula is C23H27F3N6O2. The van der Waals surface area contributed by atoms with Gasteiger partial charge in [0.15, 0.2) is 5.84 Å². The molecule has 0 spiro atoms. The molecule has 1 atom stereocenters. The number of halogens is 3. The summed E-state index contributed by atoms with van der Waals surface area (Å²) in [6.45, 7) is 5.46. The number of anilines is 1. The van der Waals surface area contributed by atoms with Crippen LogP contribution in [0.4, 0.5) is 19.0 Å². The lowest BCUT2D eigenvalue weighted by Crippen LogP contribution is -2.40. The molecule has 0 aliphatic carbocycles. The molecule has 0 radical (unpaired) electrons. The van der Waals surface area contributed by atoms with Crippen molar-refractivity contribution in [3.05, 3.63) is 52.7 Å². The van der Waals surface area contributed by atoms with Crippen molar-refractivity contribution in [2.75, 3.05) is 4.90 Å². The summed E-state index contributed by atoms with van der Waals surface area (Å²) < 4.78 is 44.2. The van der Waals surface area contributed by atoms with Gasteiger partial charge in [0.1, 0.15) is 17.3 Å². The van der Waals surface area contributed by atoms with Gasteiger partial charge in [-0.05, 0) is 56.2 Å². The smallest absolute Gasteiger partial charge is 0.391 e. The molecule has 3 rings (SSSR count). The second-order valence-corrected chi connectivity index (χ2v) is 8.30. The standard InChI is InChI=1S/C23H27F3N6O2/c1-13(2)34-16-7-15(10-27)18-11-31(22(33)17(18)8-16)20-6-4-5-19(30-20)21(29)32(12-28)14(3)9-23(24,25)26/h4-8,12-14,28-29H,9-11,27H2,1-3H3. The molecular weight excluding hydrogens is 449 g/mol. The third-order valence-corrected chi connectivity index (χ3v) is 5.35. The van der Waals surface area contributed by atoms with E-state index in [0.717, 1.165) is 16.0 Å². The molecule has 1 aliphatic heterocycles. The maximum Gasteiger partial charge on any atom is 0.391 e. The minimum Gasteiger partial charge on any atom is -0.491 e. The van der Waals surface area contributed by atoms with Crippen LogP contribution >= 0.6 is 0 Å². The first kappa shape index (κ1) is 25.2. The van der Waals surface area contributed by atoms with Crippen molar-refractivity contribution in [3.8, 4) is 5.75 Å². The number of amidine groups is 1. The fourth-order valence-electron chi connectivity index (χ4n) is 3.85. The average molecular weight is 477 g/mol. The van der Waals surface area contributed by atoms with Crippen LogP contribution < -0.4 is 15.4 Å². The minimum atomic E-state index is -4.44. The highest BCUT2D eigenvalue weighted by molar-refractivity contribution is 6.10. The van der Waals surface area contributed by atoms with Crippen molar-refractivity contribution in [2.45, 2.75) is 58.6 Å². The molecule has 1 amide bonds. The van der Waals surface area contributed by atoms with Crippen LogP contribution in [0.25, 0.3) is 0 Å². The van der Waals surface area contributed by atoms with Crippen molar-refractivity contribution < 1.29 is 22.7 Å². The summed E-state index contributed by atoms with van der Waals surface area (Å²) in [4.78, 5) is 19.9. The first-order chi connectivity index (χ1) is 15.9. The van der Waals surface area contributed by atoms with Gasteiger partial charge < -0.3 is 15.4 Å². The van der Waals surface area contributed by atoms with Gasteiger partial charge >= 0.3 is 6.18 Å². The fourth-order valence-corrected chi connectivity index (χ4v) is 3.85. The van der Waals surface area contributed by atoms with Gasteiger partial charge in [-0.25, -0.2) is 4.98 Å². The van der Waals surface area contributed by atoms with Gasteiger partial charge in [-0.3, -0.25) is 20.5 Å². The van der Waals surface area contributed by atoms with E-state index in [1.165, 1.54) is 17.9 Å². The zero-order valence-corrected chi connectivity index (χ0v) is 19.1. The number of amides is 1. The average Bonchev–Trinajstić information content (AvgIpc) is 3.08. The molecule has 34 heavy (non-hydrogen) atoms.